The average Bonchev–Trinajstić information content (AvgIpc) is 3.23. The van der Waals surface area contributed by atoms with Gasteiger partial charge in [0.15, 0.2) is 6.10 Å². The van der Waals surface area contributed by atoms with E-state index in [9.17, 15) is 14.4 Å². The molecule has 0 saturated carbocycles. The number of rotatable bonds is 47. The van der Waals surface area contributed by atoms with Crippen LogP contribution in [0.15, 0.2) is 24.3 Å². The van der Waals surface area contributed by atoms with Gasteiger partial charge in [-0.3, -0.25) is 14.4 Å². The Morgan fingerprint density at radius 2 is 0.644 bits per heavy atom. The van der Waals surface area contributed by atoms with Gasteiger partial charge in [0.2, 0.25) is 0 Å². The van der Waals surface area contributed by atoms with E-state index in [1.165, 1.54) is 180 Å². The summed E-state index contributed by atoms with van der Waals surface area (Å²) in [5, 5.41) is 0. The van der Waals surface area contributed by atoms with E-state index in [0.29, 0.717) is 19.3 Å². The maximum atomic E-state index is 12.7. The SMILES string of the molecule is CCCCCCCC/C=C\C/C=C\CCC(=O)OC(COC(=O)CCCCCCCCCCCCCC)COC(=O)CCCCCCCCCCCCCCCCCC. The predicted molar refractivity (Wildman–Crippen MR) is 252 cm³/mol. The molecule has 0 aliphatic carbocycles. The quantitative estimate of drug-likeness (QED) is 0.0263. The van der Waals surface area contributed by atoms with Crippen LogP contribution < -0.4 is 0 Å². The van der Waals surface area contributed by atoms with Crippen molar-refractivity contribution in [2.75, 3.05) is 13.2 Å². The molecule has 0 aliphatic rings. The molecule has 1 unspecified atom stereocenters. The summed E-state index contributed by atoms with van der Waals surface area (Å²) in [6.45, 7) is 6.60. The second kappa shape index (κ2) is 48.6. The summed E-state index contributed by atoms with van der Waals surface area (Å²) in [5.41, 5.74) is 0. The third-order valence-corrected chi connectivity index (χ3v) is 11.5. The molecule has 0 N–H and O–H groups in total. The van der Waals surface area contributed by atoms with Crippen LogP contribution in [0.3, 0.4) is 0 Å². The molecule has 1 atom stereocenters. The molecule has 0 fully saturated rings. The number of carbonyl (C=O) groups excluding carboxylic acids is 3. The third kappa shape index (κ3) is 46.8. The Kier molecular flexibility index (Phi) is 46.8. The minimum atomic E-state index is -0.794. The predicted octanol–water partition coefficient (Wildman–Crippen LogP) is 16.8. The highest BCUT2D eigenvalue weighted by Gasteiger charge is 2.19. The zero-order valence-corrected chi connectivity index (χ0v) is 39.5. The second-order valence-electron chi connectivity index (χ2n) is 17.4. The normalized spacial score (nSPS) is 12.1. The number of ether oxygens (including phenoxy) is 3. The number of hydrogen-bond donors (Lipinski definition) is 0. The van der Waals surface area contributed by atoms with Gasteiger partial charge in [-0.15, -0.1) is 0 Å². The highest BCUT2D eigenvalue weighted by atomic mass is 16.6. The van der Waals surface area contributed by atoms with E-state index in [2.05, 4.69) is 39.0 Å². The lowest BCUT2D eigenvalue weighted by Crippen LogP contribution is -2.30. The fraction of sp³-hybridized carbons (Fsp3) is 0.868. The molecular weight excluding hydrogens is 733 g/mol. The Balaban J connectivity index is 4.37. The fourth-order valence-electron chi connectivity index (χ4n) is 7.56. The van der Waals surface area contributed by atoms with E-state index in [-0.39, 0.29) is 37.5 Å². The lowest BCUT2D eigenvalue weighted by Gasteiger charge is -2.18. The van der Waals surface area contributed by atoms with Crippen molar-refractivity contribution < 1.29 is 28.6 Å². The largest absolute Gasteiger partial charge is 0.462 e. The van der Waals surface area contributed by atoms with Crippen molar-refractivity contribution in [2.24, 2.45) is 0 Å². The molecule has 0 spiro atoms. The van der Waals surface area contributed by atoms with Crippen LogP contribution in [0, 0.1) is 0 Å². The van der Waals surface area contributed by atoms with Crippen LogP contribution >= 0.6 is 0 Å². The first-order valence-corrected chi connectivity index (χ1v) is 25.8. The van der Waals surface area contributed by atoms with Gasteiger partial charge in [0.25, 0.3) is 0 Å². The number of hydrogen-bond acceptors (Lipinski definition) is 6. The van der Waals surface area contributed by atoms with Crippen molar-refractivity contribution in [1.29, 1.82) is 0 Å². The van der Waals surface area contributed by atoms with Crippen molar-refractivity contribution >= 4 is 17.9 Å². The summed E-state index contributed by atoms with van der Waals surface area (Å²) >= 11 is 0. The standard InChI is InChI=1S/C53H98O6/c1-4-7-10-13-16-19-22-25-26-27-29-31-34-37-40-43-46-52(55)58-49-50(48-57-51(54)45-42-39-36-33-30-24-21-18-15-12-9-6-3)59-53(56)47-44-41-38-35-32-28-23-20-17-14-11-8-5-2/h28,32,38,41,50H,4-27,29-31,33-37,39-40,42-49H2,1-3H3/b32-28-,41-38-. The lowest BCUT2D eigenvalue weighted by atomic mass is 10.0. The molecule has 0 bridgehead atoms. The highest BCUT2D eigenvalue weighted by molar-refractivity contribution is 5.71. The van der Waals surface area contributed by atoms with E-state index in [1.807, 2.05) is 6.08 Å². The van der Waals surface area contributed by atoms with Crippen molar-refractivity contribution in [2.45, 2.75) is 284 Å². The van der Waals surface area contributed by atoms with Gasteiger partial charge in [-0.2, -0.15) is 0 Å². The molecule has 346 valence electrons. The van der Waals surface area contributed by atoms with Crippen LogP contribution in [0.4, 0.5) is 0 Å². The number of allylic oxidation sites excluding steroid dienone is 4. The molecule has 6 heteroatoms. The first-order chi connectivity index (χ1) is 29.0. The van der Waals surface area contributed by atoms with Crippen LogP contribution in [-0.2, 0) is 28.6 Å². The molecule has 0 saturated heterocycles. The molecule has 0 radical (unpaired) electrons. The zero-order chi connectivity index (χ0) is 43.0. The van der Waals surface area contributed by atoms with Gasteiger partial charge in [-0.05, 0) is 38.5 Å². The molecule has 0 aliphatic heterocycles. The molecule has 59 heavy (non-hydrogen) atoms. The van der Waals surface area contributed by atoms with Gasteiger partial charge in [-0.25, -0.2) is 0 Å². The van der Waals surface area contributed by atoms with E-state index in [1.54, 1.807) is 0 Å². The smallest absolute Gasteiger partial charge is 0.306 e. The maximum absolute atomic E-state index is 12.7. The van der Waals surface area contributed by atoms with E-state index < -0.39 is 6.10 Å². The zero-order valence-electron chi connectivity index (χ0n) is 39.5. The summed E-state index contributed by atoms with van der Waals surface area (Å²) in [7, 11) is 0. The molecule has 0 aromatic carbocycles. The molecule has 0 aromatic rings. The minimum Gasteiger partial charge on any atom is -0.462 e. The summed E-state index contributed by atoms with van der Waals surface area (Å²) in [4.78, 5) is 37.9. The molecule has 0 rings (SSSR count). The van der Waals surface area contributed by atoms with Crippen molar-refractivity contribution in [3.8, 4) is 0 Å². The van der Waals surface area contributed by atoms with Crippen molar-refractivity contribution in [1.82, 2.24) is 0 Å². The van der Waals surface area contributed by atoms with Crippen LogP contribution in [0.5, 0.6) is 0 Å². The van der Waals surface area contributed by atoms with E-state index >= 15 is 0 Å². The average molecular weight is 831 g/mol. The van der Waals surface area contributed by atoms with E-state index in [0.717, 1.165) is 51.4 Å². The number of unbranched alkanes of at least 4 members (excludes halogenated alkanes) is 32. The van der Waals surface area contributed by atoms with Gasteiger partial charge in [0.1, 0.15) is 13.2 Å². The van der Waals surface area contributed by atoms with Gasteiger partial charge in [0, 0.05) is 19.3 Å². The highest BCUT2D eigenvalue weighted by Crippen LogP contribution is 2.16. The molecule has 0 amide bonds. The molecule has 6 nitrogen and oxygen atoms in total. The summed E-state index contributed by atoms with van der Waals surface area (Å²) in [6, 6.07) is 0. The Labute approximate surface area is 366 Å². The second-order valence-corrected chi connectivity index (χ2v) is 17.4. The Bertz CT molecular complexity index is 958. The Hall–Kier alpha value is -2.11. The van der Waals surface area contributed by atoms with Crippen LogP contribution in [-0.4, -0.2) is 37.2 Å². The maximum Gasteiger partial charge on any atom is 0.306 e. The topological polar surface area (TPSA) is 78.9 Å². The Morgan fingerprint density at radius 1 is 0.339 bits per heavy atom. The summed E-state index contributed by atoms with van der Waals surface area (Å²) < 4.78 is 16.7. The van der Waals surface area contributed by atoms with Gasteiger partial charge < -0.3 is 14.2 Å². The van der Waals surface area contributed by atoms with Gasteiger partial charge in [-0.1, -0.05) is 244 Å². The first kappa shape index (κ1) is 56.9. The minimum absolute atomic E-state index is 0.0887. The molecule has 0 aromatic heterocycles. The third-order valence-electron chi connectivity index (χ3n) is 11.5. The number of carbonyl (C=O) groups is 3. The molecule has 0 heterocycles. The summed E-state index contributed by atoms with van der Waals surface area (Å²) in [5.74, 6) is -0.944. The monoisotopic (exact) mass is 831 g/mol. The van der Waals surface area contributed by atoms with Crippen LogP contribution in [0.1, 0.15) is 278 Å². The van der Waals surface area contributed by atoms with Gasteiger partial charge in [0.05, 0.1) is 0 Å². The summed E-state index contributed by atoms with van der Waals surface area (Å²) in [6.07, 6.45) is 54.6. The first-order valence-electron chi connectivity index (χ1n) is 25.8. The fourth-order valence-corrected chi connectivity index (χ4v) is 7.56. The molecular formula is C53H98O6. The van der Waals surface area contributed by atoms with Crippen LogP contribution in [0.2, 0.25) is 0 Å². The number of esters is 3. The lowest BCUT2D eigenvalue weighted by molar-refractivity contribution is -0.166. The van der Waals surface area contributed by atoms with Crippen molar-refractivity contribution in [3.05, 3.63) is 24.3 Å². The van der Waals surface area contributed by atoms with Gasteiger partial charge >= 0.3 is 17.9 Å². The Morgan fingerprint density at radius 3 is 1.00 bits per heavy atom. The van der Waals surface area contributed by atoms with Crippen LogP contribution in [0.25, 0.3) is 0 Å². The van der Waals surface area contributed by atoms with E-state index in [4.69, 9.17) is 14.2 Å². The van der Waals surface area contributed by atoms with Crippen molar-refractivity contribution in [3.63, 3.8) is 0 Å².